The molecule has 0 spiro atoms. The largest absolute Gasteiger partial charge is 0.435 e. The van der Waals surface area contributed by atoms with Gasteiger partial charge in [0.1, 0.15) is 5.75 Å². The predicted octanol–water partition coefficient (Wildman–Crippen LogP) is 4.56. The molecule has 0 saturated carbocycles. The second-order valence-corrected chi connectivity index (χ2v) is 7.53. The van der Waals surface area contributed by atoms with Gasteiger partial charge in [0.15, 0.2) is 4.34 Å². The van der Waals surface area contributed by atoms with Crippen LogP contribution >= 0.6 is 23.1 Å². The topological polar surface area (TPSA) is 87.9 Å². The lowest BCUT2D eigenvalue weighted by atomic mass is 10.2. The Morgan fingerprint density at radius 1 is 1.25 bits per heavy atom. The van der Waals surface area contributed by atoms with Crippen molar-refractivity contribution in [3.8, 4) is 11.8 Å². The molecule has 142 valence electrons. The Kier molecular flexibility index (Phi) is 6.52. The second-order valence-electron chi connectivity index (χ2n) is 5.33. The van der Waals surface area contributed by atoms with Gasteiger partial charge in [0.2, 0.25) is 5.13 Å². The zero-order valence-electron chi connectivity index (χ0n) is 14.1. The minimum Gasteiger partial charge on any atom is -0.435 e. The molecule has 10 heteroatoms. The van der Waals surface area contributed by atoms with Crippen LogP contribution in [-0.4, -0.2) is 22.7 Å². The minimum absolute atomic E-state index is 0.0985. The number of anilines is 1. The molecular formula is C18H12F2N4O2S2. The molecule has 1 aromatic heterocycles. The second kappa shape index (κ2) is 9.25. The number of rotatable bonds is 7. The standard InChI is InChI=1S/C18H12F2N4O2S2/c19-16(20)26-14-3-1-2-13(8-14)15(25)22-17-23-24-18(28-17)27-10-12-6-4-11(9-21)5-7-12/h1-8,16H,10H2,(H,22,23,25). The van der Waals surface area contributed by atoms with Crippen molar-refractivity contribution in [1.29, 1.82) is 5.26 Å². The number of ether oxygens (including phenoxy) is 1. The normalized spacial score (nSPS) is 10.5. The van der Waals surface area contributed by atoms with E-state index in [2.05, 4.69) is 26.3 Å². The highest BCUT2D eigenvalue weighted by Gasteiger charge is 2.13. The number of nitriles is 1. The summed E-state index contributed by atoms with van der Waals surface area (Å²) in [5.74, 6) is 0.0412. The lowest BCUT2D eigenvalue weighted by molar-refractivity contribution is -0.0498. The van der Waals surface area contributed by atoms with Crippen molar-refractivity contribution in [2.24, 2.45) is 0 Å². The highest BCUT2D eigenvalue weighted by Crippen LogP contribution is 2.28. The Morgan fingerprint density at radius 2 is 2.04 bits per heavy atom. The van der Waals surface area contributed by atoms with Gasteiger partial charge in [-0.25, -0.2) is 0 Å². The minimum atomic E-state index is -2.96. The number of carbonyl (C=O) groups is 1. The average molecular weight is 418 g/mol. The number of benzene rings is 2. The summed E-state index contributed by atoms with van der Waals surface area (Å²) in [4.78, 5) is 12.3. The number of hydrogen-bond donors (Lipinski definition) is 1. The zero-order valence-corrected chi connectivity index (χ0v) is 15.8. The highest BCUT2D eigenvalue weighted by molar-refractivity contribution is 8.00. The van der Waals surface area contributed by atoms with Gasteiger partial charge < -0.3 is 4.74 Å². The molecule has 0 atom stereocenters. The monoisotopic (exact) mass is 418 g/mol. The smallest absolute Gasteiger partial charge is 0.387 e. The quantitative estimate of drug-likeness (QED) is 0.447. The van der Waals surface area contributed by atoms with Crippen molar-refractivity contribution in [2.75, 3.05) is 5.32 Å². The van der Waals surface area contributed by atoms with Crippen LogP contribution < -0.4 is 10.1 Å². The Bertz CT molecular complexity index is 1000. The summed E-state index contributed by atoms with van der Waals surface area (Å²) in [7, 11) is 0. The van der Waals surface area contributed by atoms with E-state index in [4.69, 9.17) is 5.26 Å². The number of carbonyl (C=O) groups excluding carboxylic acids is 1. The molecule has 1 amide bonds. The summed E-state index contributed by atoms with van der Waals surface area (Å²) in [6, 6.07) is 14.8. The fraction of sp³-hybridized carbons (Fsp3) is 0.111. The molecule has 28 heavy (non-hydrogen) atoms. The molecule has 0 aliphatic heterocycles. The number of hydrogen-bond acceptors (Lipinski definition) is 7. The third-order valence-electron chi connectivity index (χ3n) is 3.39. The zero-order chi connectivity index (χ0) is 19.9. The number of thioether (sulfide) groups is 1. The molecule has 1 heterocycles. The van der Waals surface area contributed by atoms with Crippen molar-refractivity contribution < 1.29 is 18.3 Å². The van der Waals surface area contributed by atoms with Crippen LogP contribution in [0.3, 0.4) is 0 Å². The number of nitrogens with zero attached hydrogens (tertiary/aromatic N) is 3. The summed E-state index contributed by atoms with van der Waals surface area (Å²) < 4.78 is 29.5. The Morgan fingerprint density at radius 3 is 2.75 bits per heavy atom. The summed E-state index contributed by atoms with van der Waals surface area (Å²) in [5, 5.41) is 19.6. The van der Waals surface area contributed by atoms with Crippen LogP contribution in [0.25, 0.3) is 0 Å². The first kappa shape index (κ1) is 19.7. The molecule has 3 rings (SSSR count). The lowest BCUT2D eigenvalue weighted by Gasteiger charge is -2.06. The number of aromatic nitrogens is 2. The van der Waals surface area contributed by atoms with E-state index in [9.17, 15) is 13.6 Å². The van der Waals surface area contributed by atoms with Gasteiger partial charge in [0.25, 0.3) is 5.91 Å². The fourth-order valence-corrected chi connectivity index (χ4v) is 3.82. The van der Waals surface area contributed by atoms with Crippen molar-refractivity contribution in [3.05, 3.63) is 65.2 Å². The van der Waals surface area contributed by atoms with Gasteiger partial charge in [-0.15, -0.1) is 10.2 Å². The highest BCUT2D eigenvalue weighted by atomic mass is 32.2. The van der Waals surface area contributed by atoms with Gasteiger partial charge >= 0.3 is 6.61 Å². The first-order valence-corrected chi connectivity index (χ1v) is 9.65. The van der Waals surface area contributed by atoms with E-state index in [1.807, 2.05) is 12.1 Å². The Labute approximate surface area is 167 Å². The maximum absolute atomic E-state index is 12.3. The van der Waals surface area contributed by atoms with Gasteiger partial charge in [-0.1, -0.05) is 41.3 Å². The van der Waals surface area contributed by atoms with E-state index in [0.717, 1.165) is 5.56 Å². The van der Waals surface area contributed by atoms with Crippen LogP contribution in [0.15, 0.2) is 52.9 Å². The first-order chi connectivity index (χ1) is 13.5. The molecule has 0 unspecified atom stereocenters. The van der Waals surface area contributed by atoms with Crippen LogP contribution in [0.2, 0.25) is 0 Å². The molecule has 0 bridgehead atoms. The van der Waals surface area contributed by atoms with Crippen LogP contribution in [-0.2, 0) is 5.75 Å². The van der Waals surface area contributed by atoms with Crippen LogP contribution in [0.5, 0.6) is 5.75 Å². The Balaban J connectivity index is 1.58. The third kappa shape index (κ3) is 5.48. The van der Waals surface area contributed by atoms with Crippen molar-refractivity contribution in [1.82, 2.24) is 10.2 Å². The maximum atomic E-state index is 12.3. The summed E-state index contributed by atoms with van der Waals surface area (Å²) in [6.07, 6.45) is 0. The number of halogens is 2. The van der Waals surface area contributed by atoms with E-state index in [0.29, 0.717) is 20.8 Å². The number of alkyl halides is 2. The maximum Gasteiger partial charge on any atom is 0.387 e. The SMILES string of the molecule is N#Cc1ccc(CSc2nnc(NC(=O)c3cccc(OC(F)F)c3)s2)cc1. The van der Waals surface area contributed by atoms with Gasteiger partial charge in [-0.05, 0) is 35.9 Å². The molecule has 0 aliphatic rings. The van der Waals surface area contributed by atoms with Crippen molar-refractivity contribution in [2.45, 2.75) is 16.7 Å². The van der Waals surface area contributed by atoms with Crippen LogP contribution in [0.4, 0.5) is 13.9 Å². The molecule has 6 nitrogen and oxygen atoms in total. The van der Waals surface area contributed by atoms with E-state index < -0.39 is 12.5 Å². The fourth-order valence-electron chi connectivity index (χ4n) is 2.12. The molecule has 0 radical (unpaired) electrons. The molecular weight excluding hydrogens is 406 g/mol. The first-order valence-electron chi connectivity index (χ1n) is 7.85. The molecule has 0 saturated heterocycles. The van der Waals surface area contributed by atoms with Gasteiger partial charge in [0, 0.05) is 11.3 Å². The van der Waals surface area contributed by atoms with Crippen molar-refractivity contribution >= 4 is 34.1 Å². The third-order valence-corrected chi connectivity index (χ3v) is 5.44. The number of nitrogens with one attached hydrogen (secondary N) is 1. The van der Waals surface area contributed by atoms with Gasteiger partial charge in [0.05, 0.1) is 11.6 Å². The number of amides is 1. The van der Waals surface area contributed by atoms with Crippen molar-refractivity contribution in [3.63, 3.8) is 0 Å². The average Bonchev–Trinajstić information content (AvgIpc) is 3.14. The molecule has 0 fully saturated rings. The summed E-state index contributed by atoms with van der Waals surface area (Å²) in [5.41, 5.74) is 1.79. The van der Waals surface area contributed by atoms with E-state index >= 15 is 0 Å². The molecule has 0 aliphatic carbocycles. The van der Waals surface area contributed by atoms with Gasteiger partial charge in [-0.3, -0.25) is 10.1 Å². The molecule has 1 N–H and O–H groups in total. The van der Waals surface area contributed by atoms with E-state index in [1.54, 1.807) is 12.1 Å². The summed E-state index contributed by atoms with van der Waals surface area (Å²) >= 11 is 2.65. The lowest BCUT2D eigenvalue weighted by Crippen LogP contribution is -2.12. The van der Waals surface area contributed by atoms with Crippen LogP contribution in [0.1, 0.15) is 21.5 Å². The predicted molar refractivity (Wildman–Crippen MR) is 102 cm³/mol. The molecule has 2 aromatic carbocycles. The molecule has 3 aromatic rings. The van der Waals surface area contributed by atoms with Crippen LogP contribution in [0, 0.1) is 11.3 Å². The van der Waals surface area contributed by atoms with E-state index in [1.165, 1.54) is 47.4 Å². The van der Waals surface area contributed by atoms with Gasteiger partial charge in [-0.2, -0.15) is 14.0 Å². The Hall–Kier alpha value is -3.03. The summed E-state index contributed by atoms with van der Waals surface area (Å²) in [6.45, 7) is -2.96. The van der Waals surface area contributed by atoms with E-state index in [-0.39, 0.29) is 11.3 Å².